The first-order chi connectivity index (χ1) is 8.63. The number of piperidine rings is 1. The number of nitrogens with zero attached hydrogens (tertiary/aromatic N) is 1. The molecule has 18 heavy (non-hydrogen) atoms. The van der Waals surface area contributed by atoms with Crippen LogP contribution >= 0.6 is 0 Å². The second-order valence-electron chi connectivity index (χ2n) is 5.24. The molecule has 1 fully saturated rings. The smallest absolute Gasteiger partial charge is 0.0900 e. The summed E-state index contributed by atoms with van der Waals surface area (Å²) in [5.41, 5.74) is 5.95. The first-order valence-corrected chi connectivity index (χ1v) is 6.86. The number of ether oxygens (including phenoxy) is 2. The van der Waals surface area contributed by atoms with Gasteiger partial charge in [0.2, 0.25) is 0 Å². The fourth-order valence-electron chi connectivity index (χ4n) is 2.40. The number of likely N-dealkylation sites (tertiary alicyclic amines) is 1. The number of aliphatic hydroxyl groups excluding tert-OH is 1. The van der Waals surface area contributed by atoms with E-state index in [0.29, 0.717) is 32.3 Å². The Hall–Kier alpha value is -0.200. The molecule has 1 aliphatic rings. The standard InChI is InChI=1S/C13H28N2O3/c1-11(14)12-4-3-5-15(8-12)9-13(16)10-18-7-6-17-2/h11-13,16H,3-10,14H2,1-2H3. The molecule has 1 heterocycles. The van der Waals surface area contributed by atoms with Crippen LogP contribution in [0.1, 0.15) is 19.8 Å². The van der Waals surface area contributed by atoms with Crippen molar-refractivity contribution in [2.45, 2.75) is 31.9 Å². The summed E-state index contributed by atoms with van der Waals surface area (Å²) >= 11 is 0. The van der Waals surface area contributed by atoms with Gasteiger partial charge in [0.05, 0.1) is 25.9 Å². The average molecular weight is 260 g/mol. The summed E-state index contributed by atoms with van der Waals surface area (Å²) in [7, 11) is 1.64. The molecule has 1 saturated heterocycles. The normalized spacial score (nSPS) is 25.0. The molecule has 0 aromatic carbocycles. The minimum Gasteiger partial charge on any atom is -0.389 e. The molecule has 1 aliphatic heterocycles. The Morgan fingerprint density at radius 2 is 2.22 bits per heavy atom. The van der Waals surface area contributed by atoms with Gasteiger partial charge in [0.1, 0.15) is 0 Å². The Balaban J connectivity index is 2.16. The van der Waals surface area contributed by atoms with Gasteiger partial charge in [-0.2, -0.15) is 0 Å². The second-order valence-corrected chi connectivity index (χ2v) is 5.24. The lowest BCUT2D eigenvalue weighted by Gasteiger charge is -2.35. The van der Waals surface area contributed by atoms with E-state index >= 15 is 0 Å². The van der Waals surface area contributed by atoms with Crippen molar-refractivity contribution in [2.75, 3.05) is 46.6 Å². The summed E-state index contributed by atoms with van der Waals surface area (Å²) in [6, 6.07) is 0.239. The first-order valence-electron chi connectivity index (χ1n) is 6.86. The molecule has 5 nitrogen and oxygen atoms in total. The fraction of sp³-hybridized carbons (Fsp3) is 1.00. The molecule has 5 heteroatoms. The second kappa shape index (κ2) is 8.82. The third-order valence-electron chi connectivity index (χ3n) is 3.50. The minimum atomic E-state index is -0.423. The molecule has 0 amide bonds. The maximum absolute atomic E-state index is 9.89. The zero-order chi connectivity index (χ0) is 13.4. The van der Waals surface area contributed by atoms with Crippen molar-refractivity contribution in [3.63, 3.8) is 0 Å². The van der Waals surface area contributed by atoms with Crippen molar-refractivity contribution >= 4 is 0 Å². The van der Waals surface area contributed by atoms with E-state index in [2.05, 4.69) is 11.8 Å². The zero-order valence-corrected chi connectivity index (χ0v) is 11.7. The highest BCUT2D eigenvalue weighted by atomic mass is 16.5. The van der Waals surface area contributed by atoms with Gasteiger partial charge >= 0.3 is 0 Å². The monoisotopic (exact) mass is 260 g/mol. The Bertz CT molecular complexity index is 214. The van der Waals surface area contributed by atoms with Gasteiger partial charge in [-0.05, 0) is 32.2 Å². The summed E-state index contributed by atoms with van der Waals surface area (Å²) in [4.78, 5) is 2.29. The van der Waals surface area contributed by atoms with E-state index in [4.69, 9.17) is 15.2 Å². The number of β-amino-alcohol motifs (C(OH)–C–C–N with tert-alkyl or cyclic N) is 1. The lowest BCUT2D eigenvalue weighted by atomic mass is 9.92. The number of hydrogen-bond donors (Lipinski definition) is 2. The van der Waals surface area contributed by atoms with Crippen LogP contribution in [0.25, 0.3) is 0 Å². The van der Waals surface area contributed by atoms with Gasteiger partial charge in [0, 0.05) is 26.2 Å². The van der Waals surface area contributed by atoms with Gasteiger partial charge in [-0.1, -0.05) is 0 Å². The fourth-order valence-corrected chi connectivity index (χ4v) is 2.40. The molecule has 3 atom stereocenters. The Kier molecular flexibility index (Phi) is 7.77. The van der Waals surface area contributed by atoms with E-state index in [0.717, 1.165) is 13.1 Å². The van der Waals surface area contributed by atoms with Gasteiger partial charge in [-0.15, -0.1) is 0 Å². The zero-order valence-electron chi connectivity index (χ0n) is 11.7. The van der Waals surface area contributed by atoms with Crippen LogP contribution in [0.5, 0.6) is 0 Å². The van der Waals surface area contributed by atoms with Crippen LogP contribution < -0.4 is 5.73 Å². The molecular formula is C13H28N2O3. The first kappa shape index (κ1) is 15.9. The molecule has 0 radical (unpaired) electrons. The van der Waals surface area contributed by atoms with Crippen molar-refractivity contribution in [2.24, 2.45) is 11.7 Å². The van der Waals surface area contributed by atoms with Gasteiger partial charge in [-0.3, -0.25) is 0 Å². The van der Waals surface area contributed by atoms with Crippen molar-refractivity contribution in [1.29, 1.82) is 0 Å². The van der Waals surface area contributed by atoms with Gasteiger partial charge in [0.25, 0.3) is 0 Å². The topological polar surface area (TPSA) is 68.0 Å². The average Bonchev–Trinajstić information content (AvgIpc) is 2.35. The van der Waals surface area contributed by atoms with Gasteiger partial charge < -0.3 is 25.2 Å². The summed E-state index contributed by atoms with van der Waals surface area (Å²) in [5.74, 6) is 0.556. The maximum atomic E-state index is 9.89. The number of aliphatic hydroxyl groups is 1. The summed E-state index contributed by atoms with van der Waals surface area (Å²) in [5, 5.41) is 9.89. The van der Waals surface area contributed by atoms with E-state index in [9.17, 15) is 5.11 Å². The molecule has 3 unspecified atom stereocenters. The molecule has 108 valence electrons. The summed E-state index contributed by atoms with van der Waals surface area (Å²) in [6.45, 7) is 6.28. The van der Waals surface area contributed by atoms with Gasteiger partial charge in [-0.25, -0.2) is 0 Å². The lowest BCUT2D eigenvalue weighted by molar-refractivity contribution is -0.00640. The van der Waals surface area contributed by atoms with Crippen LogP contribution in [-0.2, 0) is 9.47 Å². The van der Waals surface area contributed by atoms with Crippen LogP contribution in [0.4, 0.5) is 0 Å². The van der Waals surface area contributed by atoms with Crippen LogP contribution in [0.15, 0.2) is 0 Å². The molecule has 3 N–H and O–H groups in total. The molecule has 0 aromatic heterocycles. The largest absolute Gasteiger partial charge is 0.389 e. The van der Waals surface area contributed by atoms with Crippen molar-refractivity contribution in [3.8, 4) is 0 Å². The molecule has 1 rings (SSSR count). The highest BCUT2D eigenvalue weighted by molar-refractivity contribution is 4.79. The highest BCUT2D eigenvalue weighted by Gasteiger charge is 2.23. The molecule has 0 spiro atoms. The van der Waals surface area contributed by atoms with Crippen molar-refractivity contribution < 1.29 is 14.6 Å². The lowest BCUT2D eigenvalue weighted by Crippen LogP contribution is -2.45. The molecular weight excluding hydrogens is 232 g/mol. The Labute approximate surface area is 110 Å². The number of rotatable bonds is 8. The predicted octanol–water partition coefficient (Wildman–Crippen LogP) is 0.0695. The Morgan fingerprint density at radius 3 is 2.89 bits per heavy atom. The van der Waals surface area contributed by atoms with Crippen LogP contribution in [0, 0.1) is 5.92 Å². The van der Waals surface area contributed by atoms with E-state index < -0.39 is 6.10 Å². The van der Waals surface area contributed by atoms with Crippen LogP contribution in [0.2, 0.25) is 0 Å². The summed E-state index contributed by atoms with van der Waals surface area (Å²) in [6.07, 6.45) is 1.95. The Morgan fingerprint density at radius 1 is 1.44 bits per heavy atom. The third kappa shape index (κ3) is 6.11. The van der Waals surface area contributed by atoms with Crippen molar-refractivity contribution in [1.82, 2.24) is 4.90 Å². The summed E-state index contributed by atoms with van der Waals surface area (Å²) < 4.78 is 10.2. The SMILES string of the molecule is COCCOCC(O)CN1CCCC(C(C)N)C1. The number of methoxy groups -OCH3 is 1. The highest BCUT2D eigenvalue weighted by Crippen LogP contribution is 2.18. The third-order valence-corrected chi connectivity index (χ3v) is 3.50. The number of hydrogen-bond acceptors (Lipinski definition) is 5. The van der Waals surface area contributed by atoms with E-state index in [1.807, 2.05) is 0 Å². The quantitative estimate of drug-likeness (QED) is 0.605. The van der Waals surface area contributed by atoms with E-state index in [1.165, 1.54) is 12.8 Å². The molecule has 0 aromatic rings. The number of nitrogens with two attached hydrogens (primary N) is 1. The minimum absolute atomic E-state index is 0.239. The molecule has 0 bridgehead atoms. The van der Waals surface area contributed by atoms with E-state index in [1.54, 1.807) is 7.11 Å². The van der Waals surface area contributed by atoms with Gasteiger partial charge in [0.15, 0.2) is 0 Å². The van der Waals surface area contributed by atoms with Crippen LogP contribution in [-0.4, -0.2) is 68.7 Å². The molecule has 0 aliphatic carbocycles. The van der Waals surface area contributed by atoms with E-state index in [-0.39, 0.29) is 6.04 Å². The maximum Gasteiger partial charge on any atom is 0.0900 e. The van der Waals surface area contributed by atoms with Crippen molar-refractivity contribution in [3.05, 3.63) is 0 Å². The predicted molar refractivity (Wildman–Crippen MR) is 71.5 cm³/mol. The molecule has 0 saturated carbocycles. The van der Waals surface area contributed by atoms with Crippen LogP contribution in [0.3, 0.4) is 0 Å².